The van der Waals surface area contributed by atoms with Crippen LogP contribution in [-0.2, 0) is 11.3 Å². The molecule has 5 nitrogen and oxygen atoms in total. The highest BCUT2D eigenvalue weighted by Gasteiger charge is 2.28. The summed E-state index contributed by atoms with van der Waals surface area (Å²) in [4.78, 5) is 20.7. The lowest BCUT2D eigenvalue weighted by molar-refractivity contribution is 0.0147. The molecule has 0 N–H and O–H groups in total. The van der Waals surface area contributed by atoms with Crippen LogP contribution in [0, 0.1) is 5.92 Å². The van der Waals surface area contributed by atoms with Gasteiger partial charge in [0, 0.05) is 32.4 Å². The Kier molecular flexibility index (Phi) is 5.99. The van der Waals surface area contributed by atoms with Gasteiger partial charge < -0.3 is 14.5 Å². The third kappa shape index (κ3) is 6.18. The van der Waals surface area contributed by atoms with Gasteiger partial charge in [0.15, 0.2) is 0 Å². The third-order valence-corrected chi connectivity index (χ3v) is 3.90. The average Bonchev–Trinajstić information content (AvgIpc) is 2.46. The Hall–Kier alpha value is -1.62. The van der Waals surface area contributed by atoms with Gasteiger partial charge in [0.1, 0.15) is 5.60 Å². The third-order valence-electron chi connectivity index (χ3n) is 3.90. The molecule has 23 heavy (non-hydrogen) atoms. The van der Waals surface area contributed by atoms with Crippen molar-refractivity contribution in [1.82, 2.24) is 14.8 Å². The Balaban J connectivity index is 1.82. The first kappa shape index (κ1) is 17.7. The number of hydrogen-bond acceptors (Lipinski definition) is 4. The van der Waals surface area contributed by atoms with Gasteiger partial charge in [-0.25, -0.2) is 4.79 Å². The summed E-state index contributed by atoms with van der Waals surface area (Å²) in [5.41, 5.74) is 0.648. The number of rotatable bonds is 4. The molecule has 1 unspecified atom stereocenters. The van der Waals surface area contributed by atoms with Gasteiger partial charge in [0.2, 0.25) is 0 Å². The number of carbonyl (C=O) groups excluding carboxylic acids is 1. The molecule has 0 spiro atoms. The van der Waals surface area contributed by atoms with Crippen molar-refractivity contribution in [1.29, 1.82) is 0 Å². The lowest BCUT2D eigenvalue weighted by atomic mass is 9.98. The highest BCUT2D eigenvalue weighted by Crippen LogP contribution is 2.20. The molecule has 1 fully saturated rings. The number of pyridine rings is 1. The van der Waals surface area contributed by atoms with E-state index in [9.17, 15) is 4.79 Å². The van der Waals surface area contributed by atoms with Crippen molar-refractivity contribution < 1.29 is 9.53 Å². The summed E-state index contributed by atoms with van der Waals surface area (Å²) < 4.78 is 5.49. The maximum atomic E-state index is 12.2. The van der Waals surface area contributed by atoms with E-state index in [0.29, 0.717) is 5.92 Å². The molecular formula is C18H29N3O2. The highest BCUT2D eigenvalue weighted by atomic mass is 16.6. The predicted octanol–water partition coefficient (Wildman–Crippen LogP) is 3.16. The van der Waals surface area contributed by atoms with Crippen molar-refractivity contribution in [2.24, 2.45) is 5.92 Å². The Morgan fingerprint density at radius 1 is 1.43 bits per heavy atom. The van der Waals surface area contributed by atoms with E-state index in [4.69, 9.17) is 4.74 Å². The van der Waals surface area contributed by atoms with E-state index < -0.39 is 5.60 Å². The second-order valence-corrected chi connectivity index (χ2v) is 7.45. The van der Waals surface area contributed by atoms with Gasteiger partial charge in [0.25, 0.3) is 0 Å². The Morgan fingerprint density at radius 2 is 2.22 bits per heavy atom. The van der Waals surface area contributed by atoms with E-state index in [-0.39, 0.29) is 6.09 Å². The second kappa shape index (κ2) is 7.77. The molecule has 1 aliphatic rings. The number of ether oxygens (including phenoxy) is 1. The molecule has 0 aliphatic carbocycles. The summed E-state index contributed by atoms with van der Waals surface area (Å²) in [5, 5.41) is 0. The molecule has 5 heteroatoms. The van der Waals surface area contributed by atoms with Crippen LogP contribution in [0.1, 0.15) is 39.3 Å². The second-order valence-electron chi connectivity index (χ2n) is 7.45. The number of amides is 1. The maximum absolute atomic E-state index is 12.2. The smallest absolute Gasteiger partial charge is 0.410 e. The van der Waals surface area contributed by atoms with Gasteiger partial charge in [0.05, 0.1) is 5.69 Å². The van der Waals surface area contributed by atoms with Crippen LogP contribution < -0.4 is 0 Å². The number of carbonyl (C=O) groups is 1. The van der Waals surface area contributed by atoms with E-state index in [1.54, 1.807) is 0 Å². The molecule has 2 rings (SSSR count). The lowest BCUT2D eigenvalue weighted by Crippen LogP contribution is -2.45. The zero-order valence-electron chi connectivity index (χ0n) is 14.8. The number of nitrogens with zero attached hydrogens (tertiary/aromatic N) is 3. The van der Waals surface area contributed by atoms with Crippen LogP contribution in [-0.4, -0.2) is 53.2 Å². The lowest BCUT2D eigenvalue weighted by Gasteiger charge is -2.35. The minimum atomic E-state index is -0.431. The van der Waals surface area contributed by atoms with Crippen LogP contribution >= 0.6 is 0 Å². The molecule has 128 valence electrons. The van der Waals surface area contributed by atoms with Crippen molar-refractivity contribution in [2.45, 2.75) is 45.8 Å². The van der Waals surface area contributed by atoms with Gasteiger partial charge in [-0.1, -0.05) is 6.07 Å². The summed E-state index contributed by atoms with van der Waals surface area (Å²) >= 11 is 0. The number of hydrogen-bond donors (Lipinski definition) is 0. The number of likely N-dealkylation sites (tertiary alicyclic amines) is 1. The van der Waals surface area contributed by atoms with E-state index in [1.807, 2.05) is 50.1 Å². The van der Waals surface area contributed by atoms with E-state index in [0.717, 1.165) is 44.7 Å². The van der Waals surface area contributed by atoms with Crippen LogP contribution in [0.5, 0.6) is 0 Å². The monoisotopic (exact) mass is 319 g/mol. The molecule has 1 amide bonds. The fourth-order valence-electron chi connectivity index (χ4n) is 2.98. The predicted molar refractivity (Wildman–Crippen MR) is 91.1 cm³/mol. The number of piperidine rings is 1. The Labute approximate surface area is 139 Å². The molecule has 1 aliphatic heterocycles. The molecule has 2 heterocycles. The fourth-order valence-corrected chi connectivity index (χ4v) is 2.98. The van der Waals surface area contributed by atoms with E-state index in [2.05, 4.69) is 16.9 Å². The van der Waals surface area contributed by atoms with Crippen LogP contribution in [0.4, 0.5) is 4.79 Å². The maximum Gasteiger partial charge on any atom is 0.410 e. The van der Waals surface area contributed by atoms with Gasteiger partial charge in [-0.3, -0.25) is 4.98 Å². The van der Waals surface area contributed by atoms with Crippen molar-refractivity contribution in [3.63, 3.8) is 0 Å². The molecule has 1 saturated heterocycles. The van der Waals surface area contributed by atoms with Gasteiger partial charge >= 0.3 is 6.09 Å². The molecule has 1 aromatic rings. The molecule has 0 saturated carbocycles. The minimum Gasteiger partial charge on any atom is -0.444 e. The van der Waals surface area contributed by atoms with Crippen LogP contribution in [0.25, 0.3) is 0 Å². The molecule has 0 radical (unpaired) electrons. The normalized spacial score (nSPS) is 19.0. The molecule has 0 bridgehead atoms. The highest BCUT2D eigenvalue weighted by molar-refractivity contribution is 5.68. The van der Waals surface area contributed by atoms with E-state index >= 15 is 0 Å². The van der Waals surface area contributed by atoms with E-state index in [1.165, 1.54) is 0 Å². The first-order valence-corrected chi connectivity index (χ1v) is 8.40. The standard InChI is InChI=1S/C18H29N3O2/c1-18(2,3)23-17(22)21-11-7-8-15(13-21)12-20(4)14-16-9-5-6-10-19-16/h5-6,9-10,15H,7-8,11-14H2,1-4H3. The topological polar surface area (TPSA) is 45.7 Å². The molecule has 1 atom stereocenters. The van der Waals surface area contributed by atoms with Crippen molar-refractivity contribution in [3.8, 4) is 0 Å². The molecule has 1 aromatic heterocycles. The Bertz CT molecular complexity index is 499. The summed E-state index contributed by atoms with van der Waals surface area (Å²) in [6.07, 6.45) is 3.84. The first-order chi connectivity index (χ1) is 10.8. The Morgan fingerprint density at radius 3 is 2.87 bits per heavy atom. The first-order valence-electron chi connectivity index (χ1n) is 8.40. The SMILES string of the molecule is CN(Cc1ccccn1)CC1CCCN(C(=O)OC(C)(C)C)C1. The fraction of sp³-hybridized carbons (Fsp3) is 0.667. The van der Waals surface area contributed by atoms with Crippen LogP contribution in [0.15, 0.2) is 24.4 Å². The van der Waals surface area contributed by atoms with Crippen molar-refractivity contribution in [2.75, 3.05) is 26.7 Å². The zero-order valence-corrected chi connectivity index (χ0v) is 14.8. The largest absolute Gasteiger partial charge is 0.444 e. The quantitative estimate of drug-likeness (QED) is 0.855. The van der Waals surface area contributed by atoms with Gasteiger partial charge in [-0.2, -0.15) is 0 Å². The zero-order chi connectivity index (χ0) is 16.9. The van der Waals surface area contributed by atoms with Crippen LogP contribution in [0.2, 0.25) is 0 Å². The van der Waals surface area contributed by atoms with Crippen molar-refractivity contribution >= 4 is 6.09 Å². The summed E-state index contributed by atoms with van der Waals surface area (Å²) in [6, 6.07) is 5.99. The van der Waals surface area contributed by atoms with Crippen molar-refractivity contribution in [3.05, 3.63) is 30.1 Å². The number of aromatic nitrogens is 1. The minimum absolute atomic E-state index is 0.186. The average molecular weight is 319 g/mol. The van der Waals surface area contributed by atoms with Crippen LogP contribution in [0.3, 0.4) is 0 Å². The summed E-state index contributed by atoms with van der Waals surface area (Å²) in [5.74, 6) is 0.491. The molecule has 0 aromatic carbocycles. The van der Waals surface area contributed by atoms with Gasteiger partial charge in [-0.05, 0) is 58.7 Å². The van der Waals surface area contributed by atoms with Gasteiger partial charge in [-0.15, -0.1) is 0 Å². The summed E-state index contributed by atoms with van der Waals surface area (Å²) in [7, 11) is 2.11. The molecular weight excluding hydrogens is 290 g/mol. The summed E-state index contributed by atoms with van der Waals surface area (Å²) in [6.45, 7) is 9.11.